The minimum atomic E-state index is -1.48. The molecule has 1 unspecified atom stereocenters. The van der Waals surface area contributed by atoms with E-state index in [1.54, 1.807) is 12.0 Å². The normalized spacial score (nSPS) is 23.8. The quantitative estimate of drug-likeness (QED) is 0.0886. The summed E-state index contributed by atoms with van der Waals surface area (Å²) in [5.74, 6) is -1.88. The Morgan fingerprint density at radius 2 is 1.07 bits per heavy atom. The highest BCUT2D eigenvalue weighted by Gasteiger charge is 2.64. The monoisotopic (exact) mass is 743 g/mol. The van der Waals surface area contributed by atoms with Gasteiger partial charge in [0.15, 0.2) is 0 Å². The van der Waals surface area contributed by atoms with Crippen molar-refractivity contribution >= 4 is 5.97 Å². The second-order valence-corrected chi connectivity index (χ2v) is 13.8. The van der Waals surface area contributed by atoms with Crippen molar-refractivity contribution in [1.29, 1.82) is 0 Å². The predicted octanol–water partition coefficient (Wildman–Crippen LogP) is 7.82. The number of carbonyl (C=O) groups is 1. The molecule has 55 heavy (non-hydrogen) atoms. The fraction of sp³-hybridized carbons (Fsp3) is 0.326. The molecule has 9 heteroatoms. The molecule has 0 radical (unpaired) electrons. The highest BCUT2D eigenvalue weighted by atomic mass is 16.8. The van der Waals surface area contributed by atoms with Crippen LogP contribution < -0.4 is 0 Å². The van der Waals surface area contributed by atoms with Gasteiger partial charge in [0.1, 0.15) is 30.5 Å². The number of benzene rings is 5. The summed E-state index contributed by atoms with van der Waals surface area (Å²) in [5, 5.41) is 1.67. The Morgan fingerprint density at radius 3 is 1.58 bits per heavy atom. The van der Waals surface area contributed by atoms with Gasteiger partial charge in [-0.2, -0.15) is 5.06 Å². The summed E-state index contributed by atoms with van der Waals surface area (Å²) in [7, 11) is 0. The number of hydrogen-bond acceptors (Lipinski definition) is 9. The molecule has 2 fully saturated rings. The van der Waals surface area contributed by atoms with Crippen LogP contribution in [0.1, 0.15) is 41.2 Å². The van der Waals surface area contributed by atoms with Crippen LogP contribution in [0.25, 0.3) is 0 Å². The number of carbonyl (C=O) groups excluding carboxylic acids is 1. The molecule has 0 bridgehead atoms. The first-order chi connectivity index (χ1) is 27.1. The fourth-order valence-corrected chi connectivity index (χ4v) is 7.17. The molecule has 0 saturated carbocycles. The van der Waals surface area contributed by atoms with Gasteiger partial charge >= 0.3 is 5.97 Å². The van der Waals surface area contributed by atoms with Crippen molar-refractivity contribution in [2.45, 2.75) is 82.6 Å². The molecule has 0 amide bonds. The highest BCUT2D eigenvalue weighted by Crippen LogP contribution is 2.46. The summed E-state index contributed by atoms with van der Waals surface area (Å²) >= 11 is 0. The minimum Gasteiger partial charge on any atom is -0.465 e. The van der Waals surface area contributed by atoms with E-state index in [1.807, 2.05) is 152 Å². The molecule has 7 rings (SSSR count). The van der Waals surface area contributed by atoms with E-state index in [0.717, 1.165) is 27.8 Å². The zero-order valence-corrected chi connectivity index (χ0v) is 31.2. The van der Waals surface area contributed by atoms with Crippen LogP contribution in [0.3, 0.4) is 0 Å². The average molecular weight is 744 g/mol. The molecule has 5 aromatic carbocycles. The van der Waals surface area contributed by atoms with Crippen molar-refractivity contribution in [3.05, 3.63) is 179 Å². The molecule has 286 valence electrons. The zero-order chi connectivity index (χ0) is 37.7. The molecule has 0 aliphatic carbocycles. The summed E-state index contributed by atoms with van der Waals surface area (Å²) in [4.78, 5) is 20.7. The van der Waals surface area contributed by atoms with E-state index in [9.17, 15) is 4.79 Å². The van der Waals surface area contributed by atoms with Crippen LogP contribution in [-0.4, -0.2) is 60.5 Å². The number of nitrogens with zero attached hydrogens (tertiary/aromatic N) is 1. The van der Waals surface area contributed by atoms with Gasteiger partial charge in [0, 0.05) is 6.42 Å². The molecule has 9 nitrogen and oxygen atoms in total. The van der Waals surface area contributed by atoms with Crippen LogP contribution in [0.15, 0.2) is 152 Å². The van der Waals surface area contributed by atoms with E-state index in [1.165, 1.54) is 0 Å². The third kappa shape index (κ3) is 10.1. The maximum atomic E-state index is 13.8. The van der Waals surface area contributed by atoms with Gasteiger partial charge in [-0.05, 0) is 34.7 Å². The molecule has 1 spiro atoms. The van der Waals surface area contributed by atoms with E-state index >= 15 is 0 Å². The van der Waals surface area contributed by atoms with Gasteiger partial charge in [-0.15, -0.1) is 0 Å². The van der Waals surface area contributed by atoms with Gasteiger partial charge in [0.25, 0.3) is 0 Å². The van der Waals surface area contributed by atoms with Crippen LogP contribution in [0, 0.1) is 0 Å². The Morgan fingerprint density at radius 1 is 0.618 bits per heavy atom. The first kappa shape index (κ1) is 38.6. The third-order valence-electron chi connectivity index (χ3n) is 9.85. The maximum absolute atomic E-state index is 13.8. The van der Waals surface area contributed by atoms with Gasteiger partial charge in [-0.25, -0.2) is 0 Å². The zero-order valence-electron chi connectivity index (χ0n) is 31.2. The lowest BCUT2D eigenvalue weighted by molar-refractivity contribution is -0.408. The number of hydroxylamine groups is 2. The molecule has 2 aliphatic rings. The Labute approximate surface area is 323 Å². The van der Waals surface area contributed by atoms with E-state index in [2.05, 4.69) is 0 Å². The van der Waals surface area contributed by atoms with Gasteiger partial charge in [0.2, 0.25) is 5.79 Å². The van der Waals surface area contributed by atoms with E-state index < -0.39 is 42.2 Å². The summed E-state index contributed by atoms with van der Waals surface area (Å²) < 4.78 is 39.9. The summed E-state index contributed by atoms with van der Waals surface area (Å²) in [6, 6.07) is 49.1. The Bertz CT molecular complexity index is 1870. The van der Waals surface area contributed by atoms with Crippen molar-refractivity contribution in [3.8, 4) is 0 Å². The Balaban J connectivity index is 1.28. The highest BCUT2D eigenvalue weighted by molar-refractivity contribution is 5.76. The molecule has 2 aliphatic heterocycles. The standard InChI is InChI=1S/C46H49NO8/c1-2-50-45(48)40-28-46(55-47(40)29-35-18-8-3-9-19-35)44(53-33-39-26-16-7-17-27-39)43(52-32-38-24-14-6-15-25-38)42(51-31-37-22-12-5-13-23-37)41(54-46)34-49-30-36-20-10-4-11-21-36/h3-27,40-44H,2,28-34H2,1H3/t40-,41?,42+,43+,44-,46-/m1/s1. The van der Waals surface area contributed by atoms with Crippen molar-refractivity contribution in [2.75, 3.05) is 13.2 Å². The first-order valence-corrected chi connectivity index (χ1v) is 19.0. The van der Waals surface area contributed by atoms with Crippen molar-refractivity contribution in [3.63, 3.8) is 0 Å². The molecule has 6 atom stereocenters. The third-order valence-corrected chi connectivity index (χ3v) is 9.85. The van der Waals surface area contributed by atoms with Crippen LogP contribution in [0.5, 0.6) is 0 Å². The van der Waals surface area contributed by atoms with Crippen molar-refractivity contribution < 1.29 is 38.1 Å². The average Bonchev–Trinajstić information content (AvgIpc) is 3.59. The Hall–Kier alpha value is -4.71. The van der Waals surface area contributed by atoms with E-state index in [4.69, 9.17) is 33.3 Å². The number of hydrogen-bond donors (Lipinski definition) is 0. The smallest absolute Gasteiger partial charge is 0.325 e. The molecule has 0 aromatic heterocycles. The molecular formula is C46H49NO8. The number of ether oxygens (including phenoxy) is 6. The number of esters is 1. The molecule has 5 aromatic rings. The first-order valence-electron chi connectivity index (χ1n) is 19.0. The largest absolute Gasteiger partial charge is 0.465 e. The lowest BCUT2D eigenvalue weighted by atomic mass is 9.88. The summed E-state index contributed by atoms with van der Waals surface area (Å²) in [5.41, 5.74) is 4.96. The maximum Gasteiger partial charge on any atom is 0.325 e. The lowest BCUT2D eigenvalue weighted by Gasteiger charge is -2.50. The van der Waals surface area contributed by atoms with Crippen LogP contribution in [0.4, 0.5) is 0 Å². The molecule has 0 N–H and O–H groups in total. The Kier molecular flexibility index (Phi) is 13.5. The second-order valence-electron chi connectivity index (χ2n) is 13.8. The molecule has 2 saturated heterocycles. The van der Waals surface area contributed by atoms with Gasteiger partial charge in [-0.3, -0.25) is 9.63 Å². The summed E-state index contributed by atoms with van der Waals surface area (Å²) in [6.45, 7) is 3.72. The van der Waals surface area contributed by atoms with Crippen LogP contribution in [-0.2, 0) is 71.0 Å². The SMILES string of the molecule is CCOC(=O)[C@H]1C[C@@]2(OC(COCc3ccccc3)[C@H](OCc3ccccc3)[C@H](OCc3ccccc3)[C@H]2OCc2ccccc2)ON1Cc1ccccc1. The summed E-state index contributed by atoms with van der Waals surface area (Å²) in [6.07, 6.45) is -2.76. The minimum absolute atomic E-state index is 0.129. The molecule has 2 heterocycles. The van der Waals surface area contributed by atoms with Crippen molar-refractivity contribution in [1.82, 2.24) is 5.06 Å². The van der Waals surface area contributed by atoms with E-state index in [-0.39, 0.29) is 32.8 Å². The second kappa shape index (κ2) is 19.2. The van der Waals surface area contributed by atoms with Gasteiger partial charge in [0.05, 0.1) is 46.2 Å². The molecular weight excluding hydrogens is 695 g/mol. The van der Waals surface area contributed by atoms with Gasteiger partial charge < -0.3 is 28.4 Å². The van der Waals surface area contributed by atoms with Crippen molar-refractivity contribution in [2.24, 2.45) is 0 Å². The number of rotatable bonds is 17. The fourth-order valence-electron chi connectivity index (χ4n) is 7.17. The lowest BCUT2D eigenvalue weighted by Crippen LogP contribution is -2.67. The topological polar surface area (TPSA) is 84.9 Å². The van der Waals surface area contributed by atoms with Crippen LogP contribution in [0.2, 0.25) is 0 Å². The predicted molar refractivity (Wildman–Crippen MR) is 207 cm³/mol. The van der Waals surface area contributed by atoms with Gasteiger partial charge in [-0.1, -0.05) is 152 Å². The van der Waals surface area contributed by atoms with Crippen LogP contribution >= 0.6 is 0 Å². The van der Waals surface area contributed by atoms with E-state index in [0.29, 0.717) is 19.8 Å².